The molecule has 1 aromatic carbocycles. The van der Waals surface area contributed by atoms with Gasteiger partial charge in [-0.3, -0.25) is 19.4 Å². The zero-order chi connectivity index (χ0) is 17.6. The number of amides is 1. The summed E-state index contributed by atoms with van der Waals surface area (Å²) in [5, 5.41) is 0. The zero-order valence-electron chi connectivity index (χ0n) is 15.2. The average molecular weight is 339 g/mol. The van der Waals surface area contributed by atoms with Crippen molar-refractivity contribution >= 4 is 17.4 Å². The second kappa shape index (κ2) is 4.51. The number of carbonyl (C=O) groups is 2. The molecule has 5 heterocycles. The van der Waals surface area contributed by atoms with Crippen molar-refractivity contribution in [3.8, 4) is 0 Å². The van der Waals surface area contributed by atoms with Crippen molar-refractivity contribution in [2.45, 2.75) is 32.4 Å². The Morgan fingerprint density at radius 1 is 0.920 bits per heavy atom. The summed E-state index contributed by atoms with van der Waals surface area (Å²) < 4.78 is 0. The lowest BCUT2D eigenvalue weighted by Gasteiger charge is -2.69. The molecule has 0 N–H and O–H groups in total. The van der Waals surface area contributed by atoms with Gasteiger partial charge in [0.2, 0.25) is 0 Å². The first kappa shape index (κ1) is 15.5. The number of anilines is 1. The van der Waals surface area contributed by atoms with Crippen molar-refractivity contribution < 1.29 is 9.59 Å². The Morgan fingerprint density at radius 2 is 1.44 bits per heavy atom. The standard InChI is InChI=1S/C20H25N3O2/c1-4-18-10-22-12-19(5-2,16(18)24)13-23(11-18)20(22)14-8-6-7-9-15(14)21(3)17(20)25/h6-9H,4-5,10-13H2,1-3H3. The van der Waals surface area contributed by atoms with E-state index in [4.69, 9.17) is 0 Å². The SMILES string of the molecule is CCC12CN3CC(CC)(CN(C1)C31C(=O)N(C)c3ccccc31)C2=O. The number of fused-ring (bicyclic) bond motifs is 1. The number of Topliss-reactive ketones (excluding diaryl/α,β-unsaturated/α-hetero) is 1. The van der Waals surface area contributed by atoms with Crippen LogP contribution in [0.2, 0.25) is 0 Å². The van der Waals surface area contributed by atoms with Crippen LogP contribution in [0.3, 0.4) is 0 Å². The lowest BCUT2D eigenvalue weighted by Crippen LogP contribution is -2.84. The van der Waals surface area contributed by atoms with Gasteiger partial charge in [0, 0.05) is 38.8 Å². The maximum absolute atomic E-state index is 13.5. The van der Waals surface area contributed by atoms with E-state index in [9.17, 15) is 9.59 Å². The number of hydrogen-bond donors (Lipinski definition) is 0. The van der Waals surface area contributed by atoms with Crippen LogP contribution in [0.25, 0.3) is 0 Å². The van der Waals surface area contributed by atoms with Crippen molar-refractivity contribution in [3.05, 3.63) is 29.8 Å². The first-order chi connectivity index (χ1) is 11.9. The highest BCUT2D eigenvalue weighted by Gasteiger charge is 2.73. The highest BCUT2D eigenvalue weighted by Crippen LogP contribution is 2.60. The third-order valence-electron chi connectivity index (χ3n) is 7.45. The maximum atomic E-state index is 13.5. The van der Waals surface area contributed by atoms with Gasteiger partial charge in [-0.2, -0.15) is 0 Å². The van der Waals surface area contributed by atoms with E-state index in [1.54, 1.807) is 4.90 Å². The normalized spacial score (nSPS) is 44.0. The van der Waals surface area contributed by atoms with Crippen LogP contribution in [0.15, 0.2) is 24.3 Å². The predicted molar refractivity (Wildman–Crippen MR) is 95.1 cm³/mol. The number of benzene rings is 1. The molecule has 1 aromatic rings. The molecule has 0 saturated carbocycles. The Kier molecular flexibility index (Phi) is 2.80. The minimum absolute atomic E-state index is 0.137. The van der Waals surface area contributed by atoms with Crippen molar-refractivity contribution in [1.82, 2.24) is 9.80 Å². The van der Waals surface area contributed by atoms with Crippen LogP contribution in [0, 0.1) is 10.8 Å². The lowest BCUT2D eigenvalue weighted by atomic mass is 9.57. The fourth-order valence-electron chi connectivity index (χ4n) is 6.08. The molecule has 1 amide bonds. The van der Waals surface area contributed by atoms with Gasteiger partial charge in [-0.05, 0) is 18.9 Å². The molecule has 132 valence electrons. The molecular formula is C20H25N3O2. The van der Waals surface area contributed by atoms with E-state index < -0.39 is 5.66 Å². The number of likely N-dealkylation sites (N-methyl/N-ethyl adjacent to an activating group) is 1. The summed E-state index contributed by atoms with van der Waals surface area (Å²) in [5.74, 6) is 0.580. The highest BCUT2D eigenvalue weighted by atomic mass is 16.2. The molecule has 4 saturated heterocycles. The zero-order valence-corrected chi connectivity index (χ0v) is 15.2. The number of carbonyl (C=O) groups excluding carboxylic acids is 2. The van der Waals surface area contributed by atoms with Crippen molar-refractivity contribution in [2.24, 2.45) is 10.8 Å². The van der Waals surface area contributed by atoms with Gasteiger partial charge in [-0.25, -0.2) is 0 Å². The Hall–Kier alpha value is -1.72. The number of nitrogens with zero attached hydrogens (tertiary/aromatic N) is 3. The molecule has 4 bridgehead atoms. The van der Waals surface area contributed by atoms with Gasteiger partial charge >= 0.3 is 0 Å². The second-order valence-electron chi connectivity index (χ2n) is 8.36. The van der Waals surface area contributed by atoms with Crippen LogP contribution < -0.4 is 4.90 Å². The summed E-state index contributed by atoms with van der Waals surface area (Å²) in [6.07, 6.45) is 1.70. The minimum atomic E-state index is -0.705. The van der Waals surface area contributed by atoms with E-state index in [2.05, 4.69) is 29.7 Å². The van der Waals surface area contributed by atoms with E-state index in [0.29, 0.717) is 32.0 Å². The number of para-hydroxylation sites is 1. The summed E-state index contributed by atoms with van der Waals surface area (Å²) in [6.45, 7) is 7.06. The Balaban J connectivity index is 1.73. The molecule has 1 spiro atoms. The van der Waals surface area contributed by atoms with E-state index in [-0.39, 0.29) is 16.7 Å². The average Bonchev–Trinajstić information content (AvgIpc) is 2.85. The molecule has 5 aliphatic heterocycles. The van der Waals surface area contributed by atoms with Gasteiger partial charge in [-0.1, -0.05) is 32.0 Å². The number of ketones is 1. The van der Waals surface area contributed by atoms with Gasteiger partial charge in [0.05, 0.1) is 16.5 Å². The molecular weight excluding hydrogens is 314 g/mol. The number of hydrogen-bond acceptors (Lipinski definition) is 4. The first-order valence-corrected chi connectivity index (χ1v) is 9.38. The molecule has 0 atom stereocenters. The molecule has 0 radical (unpaired) electrons. The minimum Gasteiger partial charge on any atom is -0.312 e. The topological polar surface area (TPSA) is 43.9 Å². The van der Waals surface area contributed by atoms with Crippen LogP contribution >= 0.6 is 0 Å². The maximum Gasteiger partial charge on any atom is 0.267 e. The molecule has 6 rings (SSSR count). The number of rotatable bonds is 2. The van der Waals surface area contributed by atoms with Gasteiger partial charge in [0.25, 0.3) is 5.91 Å². The monoisotopic (exact) mass is 339 g/mol. The van der Waals surface area contributed by atoms with Crippen LogP contribution in [0.5, 0.6) is 0 Å². The molecule has 0 aliphatic carbocycles. The number of piperidine rings is 2. The van der Waals surface area contributed by atoms with Gasteiger partial charge < -0.3 is 4.90 Å². The third kappa shape index (κ3) is 1.46. The van der Waals surface area contributed by atoms with Gasteiger partial charge in [0.1, 0.15) is 5.78 Å². The molecule has 25 heavy (non-hydrogen) atoms. The fourth-order valence-corrected chi connectivity index (χ4v) is 6.08. The molecule has 0 aromatic heterocycles. The van der Waals surface area contributed by atoms with Crippen molar-refractivity contribution in [3.63, 3.8) is 0 Å². The van der Waals surface area contributed by atoms with E-state index in [1.165, 1.54) is 0 Å². The van der Waals surface area contributed by atoms with E-state index in [1.807, 2.05) is 25.2 Å². The molecule has 5 heteroatoms. The summed E-state index contributed by atoms with van der Waals surface area (Å²) in [6, 6.07) is 8.15. The second-order valence-corrected chi connectivity index (χ2v) is 8.36. The lowest BCUT2D eigenvalue weighted by molar-refractivity contribution is -0.234. The molecule has 0 unspecified atom stereocenters. The highest BCUT2D eigenvalue weighted by molar-refractivity contribution is 6.08. The summed E-state index contributed by atoms with van der Waals surface area (Å²) in [7, 11) is 1.87. The predicted octanol–water partition coefficient (Wildman–Crippen LogP) is 1.82. The molecule has 5 nitrogen and oxygen atoms in total. The molecule has 5 aliphatic rings. The van der Waals surface area contributed by atoms with Crippen molar-refractivity contribution in [1.29, 1.82) is 0 Å². The summed E-state index contributed by atoms with van der Waals surface area (Å²) in [5.41, 5.74) is 0.764. The summed E-state index contributed by atoms with van der Waals surface area (Å²) in [4.78, 5) is 33.3. The quantitative estimate of drug-likeness (QED) is 0.824. The summed E-state index contributed by atoms with van der Waals surface area (Å²) >= 11 is 0. The Morgan fingerprint density at radius 3 is 1.96 bits per heavy atom. The third-order valence-corrected chi connectivity index (χ3v) is 7.45. The smallest absolute Gasteiger partial charge is 0.267 e. The van der Waals surface area contributed by atoms with Crippen molar-refractivity contribution in [2.75, 3.05) is 38.1 Å². The van der Waals surface area contributed by atoms with E-state index >= 15 is 0 Å². The largest absolute Gasteiger partial charge is 0.312 e. The van der Waals surface area contributed by atoms with Crippen LogP contribution in [0.4, 0.5) is 5.69 Å². The fraction of sp³-hybridized carbons (Fsp3) is 0.600. The van der Waals surface area contributed by atoms with Gasteiger partial charge in [0.15, 0.2) is 5.66 Å². The van der Waals surface area contributed by atoms with E-state index in [0.717, 1.165) is 24.1 Å². The first-order valence-electron chi connectivity index (χ1n) is 9.38. The van der Waals surface area contributed by atoms with Gasteiger partial charge in [-0.15, -0.1) is 0 Å². The van der Waals surface area contributed by atoms with Crippen LogP contribution in [0.1, 0.15) is 32.3 Å². The van der Waals surface area contributed by atoms with Crippen LogP contribution in [-0.2, 0) is 15.3 Å². The molecule has 4 fully saturated rings. The Labute approximate surface area is 148 Å². The van der Waals surface area contributed by atoms with Crippen LogP contribution in [-0.4, -0.2) is 54.7 Å². The Bertz CT molecular complexity index is 760.